The molecule has 0 aliphatic rings. The number of aliphatic carboxylic acids is 3. The number of allylic oxidation sites excluding steroid dienone is 1. The first-order chi connectivity index (χ1) is 9.72. The summed E-state index contributed by atoms with van der Waals surface area (Å²) in [5.74, 6) is -3.66. The van der Waals surface area contributed by atoms with Gasteiger partial charge in [0, 0.05) is 11.5 Å². The summed E-state index contributed by atoms with van der Waals surface area (Å²) in [7, 11) is 0. The summed E-state index contributed by atoms with van der Waals surface area (Å²) in [5.41, 5.74) is -0.914. The van der Waals surface area contributed by atoms with Gasteiger partial charge in [0.05, 0.1) is 19.8 Å². The van der Waals surface area contributed by atoms with Crippen LogP contribution in [-0.4, -0.2) is 68.4 Å². The molecule has 0 rings (SSSR count). The number of aliphatic hydroxyl groups excluding tert-OH is 3. The molecule has 0 aromatic heterocycles. The van der Waals surface area contributed by atoms with Crippen LogP contribution in [0.3, 0.4) is 0 Å². The highest BCUT2D eigenvalue weighted by molar-refractivity contribution is 5.88. The Labute approximate surface area is 120 Å². The molecule has 9 heteroatoms. The predicted octanol–water partition coefficient (Wildman–Crippen LogP) is -1.08. The molecule has 0 unspecified atom stereocenters. The van der Waals surface area contributed by atoms with E-state index < -0.39 is 29.7 Å². The normalized spacial score (nSPS) is 10.8. The molecule has 0 aromatic rings. The number of carboxylic acids is 3. The zero-order valence-corrected chi connectivity index (χ0v) is 11.3. The zero-order valence-electron chi connectivity index (χ0n) is 11.3. The van der Waals surface area contributed by atoms with Crippen molar-refractivity contribution >= 4 is 17.9 Å². The minimum Gasteiger partial charge on any atom is -0.481 e. The lowest BCUT2D eigenvalue weighted by molar-refractivity contribution is -0.147. The first kappa shape index (κ1) is 21.3. The minimum atomic E-state index is -1.31. The summed E-state index contributed by atoms with van der Waals surface area (Å²) >= 11 is 0. The van der Waals surface area contributed by atoms with Crippen molar-refractivity contribution < 1.29 is 45.0 Å². The molecule has 0 aliphatic carbocycles. The highest BCUT2D eigenvalue weighted by Crippen LogP contribution is 2.21. The van der Waals surface area contributed by atoms with Crippen molar-refractivity contribution in [2.24, 2.45) is 5.41 Å². The monoisotopic (exact) mass is 308 g/mol. The van der Waals surface area contributed by atoms with Crippen LogP contribution in [0.2, 0.25) is 0 Å². The van der Waals surface area contributed by atoms with Crippen LogP contribution >= 0.6 is 0 Å². The fourth-order valence-electron chi connectivity index (χ4n) is 1.09. The van der Waals surface area contributed by atoms with Crippen LogP contribution in [0.5, 0.6) is 0 Å². The largest absolute Gasteiger partial charge is 0.481 e. The third-order valence-electron chi connectivity index (χ3n) is 2.41. The van der Waals surface area contributed by atoms with Crippen molar-refractivity contribution in [3.8, 4) is 0 Å². The molecule has 0 aromatic carbocycles. The van der Waals surface area contributed by atoms with Crippen LogP contribution in [0.4, 0.5) is 0 Å². The highest BCUT2D eigenvalue weighted by atomic mass is 16.4. The summed E-state index contributed by atoms with van der Waals surface area (Å²) in [6.07, 6.45) is 2.36. The number of carboxylic acid groups (broad SMARTS) is 3. The molecule has 0 amide bonds. The Bertz CT molecular complexity index is 337. The van der Waals surface area contributed by atoms with Gasteiger partial charge < -0.3 is 30.6 Å². The van der Waals surface area contributed by atoms with Gasteiger partial charge in [-0.3, -0.25) is 9.59 Å². The van der Waals surface area contributed by atoms with E-state index in [0.29, 0.717) is 12.8 Å². The van der Waals surface area contributed by atoms with Crippen molar-refractivity contribution in [1.82, 2.24) is 0 Å². The average molecular weight is 308 g/mol. The van der Waals surface area contributed by atoms with E-state index in [1.54, 1.807) is 0 Å². The van der Waals surface area contributed by atoms with E-state index in [9.17, 15) is 14.4 Å². The van der Waals surface area contributed by atoms with Gasteiger partial charge in [-0.05, 0) is 12.8 Å². The van der Waals surface area contributed by atoms with E-state index in [1.807, 2.05) is 0 Å². The maximum absolute atomic E-state index is 10.1. The molecule has 9 nitrogen and oxygen atoms in total. The standard InChI is InChI=1S/C9H16O5.C3H4O4/c10-5-9(6-11,7-12)4-2-1-3-8(13)14;4-2(5)1-3(6)7/h1,3,10-12H,2,4-7H2,(H,13,14);1H2,(H,4,5)(H,6,7). The van der Waals surface area contributed by atoms with Crippen molar-refractivity contribution in [2.75, 3.05) is 19.8 Å². The van der Waals surface area contributed by atoms with Crippen LogP contribution in [0, 0.1) is 5.41 Å². The van der Waals surface area contributed by atoms with Gasteiger partial charge in [-0.15, -0.1) is 0 Å². The van der Waals surface area contributed by atoms with Crippen molar-refractivity contribution in [3.63, 3.8) is 0 Å². The molecule has 21 heavy (non-hydrogen) atoms. The van der Waals surface area contributed by atoms with E-state index in [4.69, 9.17) is 30.6 Å². The van der Waals surface area contributed by atoms with Crippen LogP contribution < -0.4 is 0 Å². The average Bonchev–Trinajstić information content (AvgIpc) is 2.39. The third kappa shape index (κ3) is 12.8. The molecule has 0 aliphatic heterocycles. The van der Waals surface area contributed by atoms with Gasteiger partial charge >= 0.3 is 17.9 Å². The maximum Gasteiger partial charge on any atom is 0.327 e. The van der Waals surface area contributed by atoms with Gasteiger partial charge in [0.1, 0.15) is 6.42 Å². The van der Waals surface area contributed by atoms with E-state index in [0.717, 1.165) is 6.08 Å². The van der Waals surface area contributed by atoms with Gasteiger partial charge in [0.15, 0.2) is 0 Å². The fourth-order valence-corrected chi connectivity index (χ4v) is 1.09. The van der Waals surface area contributed by atoms with Crippen LogP contribution in [0.15, 0.2) is 12.2 Å². The molecule has 0 saturated carbocycles. The molecule has 0 bridgehead atoms. The quantitative estimate of drug-likeness (QED) is 0.228. The summed E-state index contributed by atoms with van der Waals surface area (Å²) in [6.45, 7) is -0.956. The molecule has 0 fully saturated rings. The van der Waals surface area contributed by atoms with E-state index in [-0.39, 0.29) is 19.8 Å². The SMILES string of the molecule is O=C(O)C=CCCC(CO)(CO)CO.O=C(O)CC(=O)O. The lowest BCUT2D eigenvalue weighted by Crippen LogP contribution is -2.33. The first-order valence-corrected chi connectivity index (χ1v) is 5.88. The summed E-state index contributed by atoms with van der Waals surface area (Å²) in [4.78, 5) is 29.0. The Morgan fingerprint density at radius 3 is 1.52 bits per heavy atom. The molecule has 0 spiro atoms. The highest BCUT2D eigenvalue weighted by Gasteiger charge is 2.26. The van der Waals surface area contributed by atoms with Gasteiger partial charge in [-0.2, -0.15) is 0 Å². The molecule has 6 N–H and O–H groups in total. The number of carbonyl (C=O) groups is 3. The Morgan fingerprint density at radius 2 is 1.29 bits per heavy atom. The Kier molecular flexibility index (Phi) is 12.0. The van der Waals surface area contributed by atoms with Gasteiger partial charge in [0.2, 0.25) is 0 Å². The van der Waals surface area contributed by atoms with Crippen molar-refractivity contribution in [2.45, 2.75) is 19.3 Å². The lowest BCUT2D eigenvalue weighted by Gasteiger charge is -2.26. The number of aliphatic hydroxyl groups is 3. The Balaban J connectivity index is 0. The number of rotatable bonds is 9. The summed E-state index contributed by atoms with van der Waals surface area (Å²) < 4.78 is 0. The van der Waals surface area contributed by atoms with E-state index in [2.05, 4.69) is 0 Å². The molecule has 0 saturated heterocycles. The molecular weight excluding hydrogens is 288 g/mol. The van der Waals surface area contributed by atoms with Crippen molar-refractivity contribution in [3.05, 3.63) is 12.2 Å². The lowest BCUT2D eigenvalue weighted by atomic mass is 9.86. The second-order valence-corrected chi connectivity index (χ2v) is 4.22. The van der Waals surface area contributed by atoms with Gasteiger partial charge in [-0.25, -0.2) is 4.79 Å². The van der Waals surface area contributed by atoms with Crippen LogP contribution in [0.25, 0.3) is 0 Å². The summed E-state index contributed by atoms with van der Waals surface area (Å²) in [5, 5.41) is 50.5. The van der Waals surface area contributed by atoms with Gasteiger partial charge in [-0.1, -0.05) is 6.08 Å². The second-order valence-electron chi connectivity index (χ2n) is 4.22. The maximum atomic E-state index is 10.1. The molecule has 122 valence electrons. The fraction of sp³-hybridized carbons (Fsp3) is 0.583. The van der Waals surface area contributed by atoms with E-state index in [1.165, 1.54) is 6.08 Å². The minimum absolute atomic E-state index is 0.319. The first-order valence-electron chi connectivity index (χ1n) is 5.88. The molecule has 0 radical (unpaired) electrons. The zero-order chi connectivity index (χ0) is 16.9. The van der Waals surface area contributed by atoms with Crippen LogP contribution in [-0.2, 0) is 14.4 Å². The smallest absolute Gasteiger partial charge is 0.327 e. The molecular formula is C12H20O9. The van der Waals surface area contributed by atoms with Crippen LogP contribution in [0.1, 0.15) is 19.3 Å². The predicted molar refractivity (Wildman–Crippen MR) is 69.6 cm³/mol. The van der Waals surface area contributed by atoms with E-state index >= 15 is 0 Å². The molecule has 0 atom stereocenters. The second kappa shape index (κ2) is 11.8. The Morgan fingerprint density at radius 1 is 0.857 bits per heavy atom. The Hall–Kier alpha value is -1.97. The van der Waals surface area contributed by atoms with Gasteiger partial charge in [0.25, 0.3) is 0 Å². The topological polar surface area (TPSA) is 173 Å². The number of hydrogen-bond donors (Lipinski definition) is 6. The summed E-state index contributed by atoms with van der Waals surface area (Å²) in [6, 6.07) is 0. The molecule has 0 heterocycles. The van der Waals surface area contributed by atoms with Crippen molar-refractivity contribution in [1.29, 1.82) is 0 Å². The third-order valence-corrected chi connectivity index (χ3v) is 2.41. The number of hydrogen-bond acceptors (Lipinski definition) is 6.